The highest BCUT2D eigenvalue weighted by Crippen LogP contribution is 2.25. The third-order valence-electron chi connectivity index (χ3n) is 3.62. The van der Waals surface area contributed by atoms with E-state index in [9.17, 15) is 0 Å². The lowest BCUT2D eigenvalue weighted by Crippen LogP contribution is -2.26. The highest BCUT2D eigenvalue weighted by Gasteiger charge is 2.17. The van der Waals surface area contributed by atoms with Crippen molar-refractivity contribution in [2.75, 3.05) is 25.0 Å². The fourth-order valence-electron chi connectivity index (χ4n) is 2.57. The van der Waals surface area contributed by atoms with Crippen molar-refractivity contribution in [3.05, 3.63) is 18.0 Å². The van der Waals surface area contributed by atoms with Gasteiger partial charge in [0, 0.05) is 38.1 Å². The van der Waals surface area contributed by atoms with Crippen LogP contribution in [0.1, 0.15) is 38.2 Å². The molecule has 100 valence electrons. The molecule has 1 aromatic heterocycles. The molecule has 1 aliphatic rings. The summed E-state index contributed by atoms with van der Waals surface area (Å²) >= 11 is 0. The van der Waals surface area contributed by atoms with Gasteiger partial charge in [0.2, 0.25) is 5.95 Å². The first-order valence-corrected chi connectivity index (χ1v) is 7.02. The number of nitrogens with one attached hydrogen (secondary N) is 1. The van der Waals surface area contributed by atoms with Gasteiger partial charge in [-0.1, -0.05) is 19.8 Å². The molecule has 18 heavy (non-hydrogen) atoms. The van der Waals surface area contributed by atoms with Crippen molar-refractivity contribution >= 4 is 5.95 Å². The van der Waals surface area contributed by atoms with Crippen molar-refractivity contribution in [3.63, 3.8) is 0 Å². The highest BCUT2D eigenvalue weighted by molar-refractivity contribution is 5.28. The first-order valence-electron chi connectivity index (χ1n) is 7.02. The smallest absolute Gasteiger partial charge is 0.225 e. The van der Waals surface area contributed by atoms with Gasteiger partial charge in [0.15, 0.2) is 0 Å². The molecule has 0 bridgehead atoms. The Morgan fingerprint density at radius 1 is 1.28 bits per heavy atom. The lowest BCUT2D eigenvalue weighted by atomic mass is 10.1. The molecule has 0 radical (unpaired) electrons. The zero-order chi connectivity index (χ0) is 12.8. The maximum atomic E-state index is 4.45. The Hall–Kier alpha value is -1.16. The largest absolute Gasteiger partial charge is 0.344 e. The summed E-state index contributed by atoms with van der Waals surface area (Å²) in [6, 6.07) is 0. The number of hydrogen-bond donors (Lipinski definition) is 1. The Morgan fingerprint density at radius 2 is 1.94 bits per heavy atom. The number of hydrogen-bond acceptors (Lipinski definition) is 4. The first kappa shape index (κ1) is 13.3. The molecule has 1 heterocycles. The standard InChI is InChI=1S/C14H24N4/c1-3-15-8-13-9-16-14(17-10-13)18(2)11-12-6-4-5-7-12/h9-10,12,15H,3-8,11H2,1-2H3. The molecular formula is C14H24N4. The molecule has 0 amide bonds. The van der Waals surface area contributed by atoms with Gasteiger partial charge in [0.25, 0.3) is 0 Å². The number of anilines is 1. The van der Waals surface area contributed by atoms with Gasteiger partial charge in [-0.25, -0.2) is 9.97 Å². The zero-order valence-electron chi connectivity index (χ0n) is 11.5. The fraction of sp³-hybridized carbons (Fsp3) is 0.714. The maximum Gasteiger partial charge on any atom is 0.225 e. The van der Waals surface area contributed by atoms with E-state index in [4.69, 9.17) is 0 Å². The van der Waals surface area contributed by atoms with E-state index in [2.05, 4.69) is 34.2 Å². The van der Waals surface area contributed by atoms with E-state index < -0.39 is 0 Å². The van der Waals surface area contributed by atoms with Crippen molar-refractivity contribution in [3.8, 4) is 0 Å². The van der Waals surface area contributed by atoms with Crippen molar-refractivity contribution in [2.45, 2.75) is 39.2 Å². The molecule has 4 nitrogen and oxygen atoms in total. The lowest BCUT2D eigenvalue weighted by molar-refractivity contribution is 0.542. The summed E-state index contributed by atoms with van der Waals surface area (Å²) < 4.78 is 0. The molecule has 1 saturated carbocycles. The van der Waals surface area contributed by atoms with Gasteiger partial charge in [0.1, 0.15) is 0 Å². The molecule has 0 spiro atoms. The molecular weight excluding hydrogens is 224 g/mol. The van der Waals surface area contributed by atoms with Crippen molar-refractivity contribution in [1.29, 1.82) is 0 Å². The van der Waals surface area contributed by atoms with Gasteiger partial charge in [-0.05, 0) is 25.3 Å². The minimum Gasteiger partial charge on any atom is -0.344 e. The normalized spacial score (nSPS) is 16.1. The Bertz CT molecular complexity index is 343. The third-order valence-corrected chi connectivity index (χ3v) is 3.62. The minimum atomic E-state index is 0.833. The summed E-state index contributed by atoms with van der Waals surface area (Å²) in [4.78, 5) is 11.1. The van der Waals surface area contributed by atoms with Crippen LogP contribution in [0.3, 0.4) is 0 Å². The molecule has 0 aliphatic heterocycles. The predicted octanol–water partition coefficient (Wildman–Crippen LogP) is 2.21. The first-order chi connectivity index (χ1) is 8.79. The van der Waals surface area contributed by atoms with Gasteiger partial charge in [0.05, 0.1) is 0 Å². The van der Waals surface area contributed by atoms with E-state index in [0.717, 1.165) is 37.1 Å². The van der Waals surface area contributed by atoms with Gasteiger partial charge in [-0.3, -0.25) is 0 Å². The number of rotatable bonds is 6. The number of nitrogens with zero attached hydrogens (tertiary/aromatic N) is 3. The van der Waals surface area contributed by atoms with Crippen LogP contribution in [-0.2, 0) is 6.54 Å². The van der Waals surface area contributed by atoms with Gasteiger partial charge >= 0.3 is 0 Å². The maximum absolute atomic E-state index is 4.45. The second-order valence-corrected chi connectivity index (χ2v) is 5.20. The second kappa shape index (κ2) is 6.69. The topological polar surface area (TPSA) is 41.1 Å². The molecule has 1 N–H and O–H groups in total. The van der Waals surface area contributed by atoms with Crippen LogP contribution in [0.4, 0.5) is 5.95 Å². The summed E-state index contributed by atoms with van der Waals surface area (Å²) in [7, 11) is 2.09. The van der Waals surface area contributed by atoms with Crippen LogP contribution < -0.4 is 10.2 Å². The van der Waals surface area contributed by atoms with Crippen LogP contribution in [0.25, 0.3) is 0 Å². The van der Waals surface area contributed by atoms with E-state index >= 15 is 0 Å². The van der Waals surface area contributed by atoms with Crippen LogP contribution >= 0.6 is 0 Å². The van der Waals surface area contributed by atoms with Gasteiger partial charge < -0.3 is 10.2 Å². The van der Waals surface area contributed by atoms with Crippen LogP contribution in [-0.4, -0.2) is 30.1 Å². The predicted molar refractivity (Wildman–Crippen MR) is 74.6 cm³/mol. The van der Waals surface area contributed by atoms with E-state index in [-0.39, 0.29) is 0 Å². The van der Waals surface area contributed by atoms with E-state index in [0.29, 0.717) is 0 Å². The molecule has 2 rings (SSSR count). The summed E-state index contributed by atoms with van der Waals surface area (Å²) in [5, 5.41) is 3.28. The third kappa shape index (κ3) is 3.67. The summed E-state index contributed by atoms with van der Waals surface area (Å²) in [5.74, 6) is 1.68. The van der Waals surface area contributed by atoms with Gasteiger partial charge in [-0.15, -0.1) is 0 Å². The minimum absolute atomic E-state index is 0.833. The summed E-state index contributed by atoms with van der Waals surface area (Å²) in [6.07, 6.45) is 9.36. The molecule has 4 heteroatoms. The second-order valence-electron chi connectivity index (χ2n) is 5.20. The van der Waals surface area contributed by atoms with Crippen LogP contribution in [0.2, 0.25) is 0 Å². The van der Waals surface area contributed by atoms with Crippen LogP contribution in [0.5, 0.6) is 0 Å². The average molecular weight is 248 g/mol. The van der Waals surface area contributed by atoms with E-state index in [1.54, 1.807) is 0 Å². The Morgan fingerprint density at radius 3 is 2.56 bits per heavy atom. The lowest BCUT2D eigenvalue weighted by Gasteiger charge is -2.20. The summed E-state index contributed by atoms with van der Waals surface area (Å²) in [6.45, 7) is 5.02. The average Bonchev–Trinajstić information content (AvgIpc) is 2.89. The van der Waals surface area contributed by atoms with Crippen molar-refractivity contribution in [1.82, 2.24) is 15.3 Å². The van der Waals surface area contributed by atoms with E-state index in [1.165, 1.54) is 25.7 Å². The summed E-state index contributed by atoms with van der Waals surface area (Å²) in [5.41, 5.74) is 1.15. The molecule has 1 fully saturated rings. The Kier molecular flexibility index (Phi) is 4.93. The van der Waals surface area contributed by atoms with Gasteiger partial charge in [-0.2, -0.15) is 0 Å². The molecule has 0 unspecified atom stereocenters. The fourth-order valence-corrected chi connectivity index (χ4v) is 2.57. The number of aromatic nitrogens is 2. The van der Waals surface area contributed by atoms with Crippen molar-refractivity contribution in [2.24, 2.45) is 5.92 Å². The molecule has 0 aromatic carbocycles. The Labute approximate surface area is 110 Å². The highest BCUT2D eigenvalue weighted by atomic mass is 15.2. The Balaban J connectivity index is 1.87. The molecule has 1 aromatic rings. The van der Waals surface area contributed by atoms with Crippen LogP contribution in [0.15, 0.2) is 12.4 Å². The zero-order valence-corrected chi connectivity index (χ0v) is 11.5. The van der Waals surface area contributed by atoms with Crippen molar-refractivity contribution < 1.29 is 0 Å². The monoisotopic (exact) mass is 248 g/mol. The molecule has 1 aliphatic carbocycles. The molecule has 0 saturated heterocycles. The SMILES string of the molecule is CCNCc1cnc(N(C)CC2CCCC2)nc1. The quantitative estimate of drug-likeness (QED) is 0.838. The van der Waals surface area contributed by atoms with Crippen LogP contribution in [0, 0.1) is 5.92 Å². The van der Waals surface area contributed by atoms with E-state index in [1.807, 2.05) is 12.4 Å². The molecule has 0 atom stereocenters.